The highest BCUT2D eigenvalue weighted by molar-refractivity contribution is 8.15. The highest BCUT2D eigenvalue weighted by Crippen LogP contribution is 2.27. The van der Waals surface area contributed by atoms with Gasteiger partial charge in [0.05, 0.1) is 25.3 Å². The summed E-state index contributed by atoms with van der Waals surface area (Å²) < 4.78 is 37.5. The molecule has 2 aliphatic rings. The SMILES string of the molecule is COc1ccc(C=NN=C2NC(=O)C(CC(=O)Nc3ccc(S(=O)(=O)N4CCCCC4)cc3)S2)cc1OC. The molecule has 2 aliphatic heterocycles. The molecule has 2 aromatic carbocycles. The lowest BCUT2D eigenvalue weighted by atomic mass is 10.2. The van der Waals surface area contributed by atoms with Gasteiger partial charge in [-0.25, -0.2) is 8.42 Å². The van der Waals surface area contributed by atoms with Gasteiger partial charge in [-0.15, -0.1) is 5.10 Å². The normalized spacial score (nSPS) is 19.5. The van der Waals surface area contributed by atoms with Crippen molar-refractivity contribution in [2.45, 2.75) is 35.8 Å². The first kappa shape index (κ1) is 27.6. The van der Waals surface area contributed by atoms with Crippen molar-refractivity contribution in [3.63, 3.8) is 0 Å². The maximum atomic E-state index is 12.8. The summed E-state index contributed by atoms with van der Waals surface area (Å²) in [5.41, 5.74) is 1.18. The molecule has 0 bridgehead atoms. The van der Waals surface area contributed by atoms with E-state index in [0.29, 0.717) is 30.3 Å². The number of hydrogen-bond acceptors (Lipinski definition) is 9. The average Bonchev–Trinajstić information content (AvgIpc) is 3.27. The fraction of sp³-hybridized carbons (Fsp3) is 0.360. The molecule has 2 aromatic rings. The lowest BCUT2D eigenvalue weighted by Gasteiger charge is -2.25. The number of carbonyl (C=O) groups excluding carboxylic acids is 2. The Morgan fingerprint density at radius 2 is 1.82 bits per heavy atom. The van der Waals surface area contributed by atoms with E-state index >= 15 is 0 Å². The van der Waals surface area contributed by atoms with E-state index in [1.807, 2.05) is 0 Å². The monoisotopic (exact) mass is 559 g/mol. The van der Waals surface area contributed by atoms with Crippen LogP contribution in [0.25, 0.3) is 0 Å². The molecule has 0 aliphatic carbocycles. The quantitative estimate of drug-likeness (QED) is 0.356. The molecule has 4 rings (SSSR count). The van der Waals surface area contributed by atoms with Gasteiger partial charge in [0.1, 0.15) is 5.25 Å². The fourth-order valence-electron chi connectivity index (χ4n) is 4.01. The minimum Gasteiger partial charge on any atom is -0.493 e. The zero-order valence-electron chi connectivity index (χ0n) is 21.0. The van der Waals surface area contributed by atoms with E-state index in [4.69, 9.17) is 9.47 Å². The maximum absolute atomic E-state index is 12.8. The number of nitrogens with zero attached hydrogens (tertiary/aromatic N) is 3. The molecular formula is C25H29N5O6S2. The van der Waals surface area contributed by atoms with Gasteiger partial charge in [0.25, 0.3) is 0 Å². The Morgan fingerprint density at radius 3 is 2.50 bits per heavy atom. The van der Waals surface area contributed by atoms with Crippen LogP contribution in [0.1, 0.15) is 31.2 Å². The number of piperidine rings is 1. The van der Waals surface area contributed by atoms with Crippen LogP contribution in [-0.2, 0) is 19.6 Å². The van der Waals surface area contributed by atoms with Gasteiger partial charge in [-0.05, 0) is 60.9 Å². The Balaban J connectivity index is 1.31. The average molecular weight is 560 g/mol. The Bertz CT molecular complexity index is 1340. The van der Waals surface area contributed by atoms with Crippen LogP contribution < -0.4 is 20.1 Å². The number of ether oxygens (including phenoxy) is 2. The van der Waals surface area contributed by atoms with Crippen LogP contribution in [0.3, 0.4) is 0 Å². The third-order valence-electron chi connectivity index (χ3n) is 6.00. The highest BCUT2D eigenvalue weighted by Gasteiger charge is 2.32. The second-order valence-corrected chi connectivity index (χ2v) is 11.7. The summed E-state index contributed by atoms with van der Waals surface area (Å²) in [5.74, 6) is 0.429. The van der Waals surface area contributed by atoms with Crippen LogP contribution in [0, 0.1) is 0 Å². The van der Waals surface area contributed by atoms with E-state index in [1.54, 1.807) is 37.4 Å². The Morgan fingerprint density at radius 1 is 1.11 bits per heavy atom. The van der Waals surface area contributed by atoms with E-state index < -0.39 is 15.3 Å². The first-order valence-electron chi connectivity index (χ1n) is 12.0. The van der Waals surface area contributed by atoms with E-state index in [0.717, 1.165) is 36.6 Å². The van der Waals surface area contributed by atoms with Crippen LogP contribution >= 0.6 is 11.8 Å². The largest absolute Gasteiger partial charge is 0.493 e. The second kappa shape index (κ2) is 12.4. The van der Waals surface area contributed by atoms with Crippen LogP contribution in [0.5, 0.6) is 11.5 Å². The number of benzene rings is 2. The summed E-state index contributed by atoms with van der Waals surface area (Å²) in [7, 11) is -0.457. The lowest BCUT2D eigenvalue weighted by molar-refractivity contribution is -0.122. The standard InChI is InChI=1S/C25H29N5O6S2/c1-35-20-11-6-17(14-21(20)36-2)16-26-29-25-28-24(32)22(37-25)15-23(31)27-18-7-9-19(10-8-18)38(33,34)30-12-4-3-5-13-30/h6-11,14,16,22H,3-5,12-13,15H2,1-2H3,(H,27,31)(H,28,29,32). The molecule has 2 N–H and O–H groups in total. The third-order valence-corrected chi connectivity index (χ3v) is 8.99. The van der Waals surface area contributed by atoms with Crippen molar-refractivity contribution < 1.29 is 27.5 Å². The number of anilines is 1. The van der Waals surface area contributed by atoms with Crippen molar-refractivity contribution in [3.8, 4) is 11.5 Å². The van der Waals surface area contributed by atoms with Crippen molar-refractivity contribution in [3.05, 3.63) is 48.0 Å². The smallest absolute Gasteiger partial charge is 0.243 e. The summed E-state index contributed by atoms with van der Waals surface area (Å²) in [6.07, 6.45) is 4.18. The van der Waals surface area contributed by atoms with Crippen molar-refractivity contribution in [2.75, 3.05) is 32.6 Å². The van der Waals surface area contributed by atoms with E-state index in [9.17, 15) is 18.0 Å². The third kappa shape index (κ3) is 6.71. The molecule has 13 heteroatoms. The molecular weight excluding hydrogens is 530 g/mol. The number of rotatable bonds is 9. The number of sulfonamides is 1. The van der Waals surface area contributed by atoms with Crippen LogP contribution in [-0.4, -0.2) is 68.5 Å². The first-order valence-corrected chi connectivity index (χ1v) is 14.3. The Hall–Kier alpha value is -3.42. The van der Waals surface area contributed by atoms with Crippen molar-refractivity contribution in [1.29, 1.82) is 0 Å². The fourth-order valence-corrected chi connectivity index (χ4v) is 6.45. The van der Waals surface area contributed by atoms with Gasteiger partial charge in [0, 0.05) is 25.2 Å². The molecule has 1 atom stereocenters. The summed E-state index contributed by atoms with van der Waals surface area (Å²) in [6, 6.07) is 11.3. The van der Waals surface area contributed by atoms with Gasteiger partial charge in [-0.3, -0.25) is 9.59 Å². The molecule has 0 aromatic heterocycles. The van der Waals surface area contributed by atoms with Crippen LogP contribution in [0.2, 0.25) is 0 Å². The van der Waals surface area contributed by atoms with Crippen molar-refractivity contribution >= 4 is 50.7 Å². The molecule has 2 saturated heterocycles. The zero-order chi connectivity index (χ0) is 27.1. The summed E-state index contributed by atoms with van der Waals surface area (Å²) in [5, 5.41) is 13.0. The highest BCUT2D eigenvalue weighted by atomic mass is 32.2. The summed E-state index contributed by atoms with van der Waals surface area (Å²) >= 11 is 1.11. The number of hydrogen-bond donors (Lipinski definition) is 2. The van der Waals surface area contributed by atoms with E-state index in [1.165, 1.54) is 29.8 Å². The number of carbonyl (C=O) groups is 2. The minimum atomic E-state index is -3.54. The second-order valence-electron chi connectivity index (χ2n) is 8.60. The van der Waals surface area contributed by atoms with Crippen LogP contribution in [0.4, 0.5) is 5.69 Å². The lowest BCUT2D eigenvalue weighted by Crippen LogP contribution is -2.35. The number of methoxy groups -OCH3 is 2. The molecule has 38 heavy (non-hydrogen) atoms. The summed E-state index contributed by atoms with van der Waals surface area (Å²) in [4.78, 5) is 25.1. The molecule has 202 valence electrons. The minimum absolute atomic E-state index is 0.0806. The number of amidine groups is 1. The van der Waals surface area contributed by atoms with Crippen LogP contribution in [0.15, 0.2) is 57.6 Å². The van der Waals surface area contributed by atoms with E-state index in [-0.39, 0.29) is 28.3 Å². The number of thioether (sulfide) groups is 1. The van der Waals surface area contributed by atoms with E-state index in [2.05, 4.69) is 20.8 Å². The molecule has 0 radical (unpaired) electrons. The molecule has 11 nitrogen and oxygen atoms in total. The zero-order valence-corrected chi connectivity index (χ0v) is 22.7. The topological polar surface area (TPSA) is 139 Å². The molecule has 2 heterocycles. The Labute approximate surface area is 225 Å². The van der Waals surface area contributed by atoms with Gasteiger partial charge in [0.2, 0.25) is 21.8 Å². The molecule has 2 fully saturated rings. The van der Waals surface area contributed by atoms with Gasteiger partial charge in [-0.2, -0.15) is 9.41 Å². The predicted octanol–water partition coefficient (Wildman–Crippen LogP) is 2.83. The number of amides is 2. The van der Waals surface area contributed by atoms with Gasteiger partial charge in [-0.1, -0.05) is 18.2 Å². The van der Waals surface area contributed by atoms with Crippen molar-refractivity contribution in [2.24, 2.45) is 10.2 Å². The predicted molar refractivity (Wildman–Crippen MR) is 146 cm³/mol. The maximum Gasteiger partial charge on any atom is 0.243 e. The Kier molecular flexibility index (Phi) is 9.02. The van der Waals surface area contributed by atoms with Gasteiger partial charge in [0.15, 0.2) is 16.7 Å². The van der Waals surface area contributed by atoms with Crippen molar-refractivity contribution in [1.82, 2.24) is 9.62 Å². The molecule has 0 saturated carbocycles. The summed E-state index contributed by atoms with van der Waals surface area (Å²) in [6.45, 7) is 1.05. The molecule has 1 unspecified atom stereocenters. The molecule has 2 amide bonds. The first-order chi connectivity index (χ1) is 18.3. The molecule has 0 spiro atoms. The number of nitrogens with one attached hydrogen (secondary N) is 2. The van der Waals surface area contributed by atoms with Gasteiger partial charge < -0.3 is 20.1 Å². The van der Waals surface area contributed by atoms with Gasteiger partial charge >= 0.3 is 0 Å².